The average molecular weight is 184 g/mol. The minimum absolute atomic E-state index is 0.695. The van der Waals surface area contributed by atoms with Gasteiger partial charge >= 0.3 is 0 Å². The standard InChI is InChI=1S/C12H12N2/c1-2-4-12-10(3-1)7-11(12)8-14-6-5-13-9-14/h1-6,9,11H,7-8H2. The minimum atomic E-state index is 0.695. The summed E-state index contributed by atoms with van der Waals surface area (Å²) in [5, 5.41) is 0. The van der Waals surface area contributed by atoms with E-state index in [9.17, 15) is 0 Å². The molecule has 1 aliphatic rings. The summed E-state index contributed by atoms with van der Waals surface area (Å²) in [7, 11) is 0. The van der Waals surface area contributed by atoms with E-state index in [1.165, 1.54) is 17.5 Å². The van der Waals surface area contributed by atoms with Crippen LogP contribution in [0, 0.1) is 0 Å². The summed E-state index contributed by atoms with van der Waals surface area (Å²) in [6.45, 7) is 1.07. The SMILES string of the molecule is c1ccc2c(c1)CC2Cn1ccnc1. The van der Waals surface area contributed by atoms with E-state index in [1.54, 1.807) is 0 Å². The molecular weight excluding hydrogens is 172 g/mol. The van der Waals surface area contributed by atoms with Gasteiger partial charge in [-0.05, 0) is 17.5 Å². The number of rotatable bonds is 2. The molecule has 14 heavy (non-hydrogen) atoms. The van der Waals surface area contributed by atoms with Crippen molar-refractivity contribution < 1.29 is 0 Å². The van der Waals surface area contributed by atoms with Crippen LogP contribution in [0.3, 0.4) is 0 Å². The molecule has 0 N–H and O–H groups in total. The van der Waals surface area contributed by atoms with Crippen molar-refractivity contribution in [3.05, 3.63) is 54.1 Å². The molecule has 1 atom stereocenters. The molecule has 0 spiro atoms. The smallest absolute Gasteiger partial charge is 0.0946 e. The first kappa shape index (κ1) is 7.80. The Balaban J connectivity index is 1.80. The summed E-state index contributed by atoms with van der Waals surface area (Å²) >= 11 is 0. The third kappa shape index (κ3) is 1.15. The van der Waals surface area contributed by atoms with Crippen LogP contribution in [-0.2, 0) is 13.0 Å². The normalized spacial score (nSPS) is 18.7. The fourth-order valence-electron chi connectivity index (χ4n) is 2.17. The van der Waals surface area contributed by atoms with Crippen LogP contribution in [0.2, 0.25) is 0 Å². The molecule has 2 aromatic rings. The molecule has 3 rings (SSSR count). The lowest BCUT2D eigenvalue weighted by atomic mass is 9.77. The molecule has 0 saturated carbocycles. The van der Waals surface area contributed by atoms with Gasteiger partial charge in [-0.25, -0.2) is 4.98 Å². The lowest BCUT2D eigenvalue weighted by molar-refractivity contribution is 0.508. The molecule has 1 aromatic heterocycles. The quantitative estimate of drug-likeness (QED) is 0.699. The molecule has 0 bridgehead atoms. The zero-order valence-corrected chi connectivity index (χ0v) is 7.93. The number of imidazole rings is 1. The van der Waals surface area contributed by atoms with Crippen molar-refractivity contribution in [2.75, 3.05) is 0 Å². The molecule has 0 aliphatic heterocycles. The average Bonchev–Trinajstić information content (AvgIpc) is 2.67. The highest BCUT2D eigenvalue weighted by molar-refractivity contribution is 5.39. The Morgan fingerprint density at radius 3 is 3.07 bits per heavy atom. The van der Waals surface area contributed by atoms with Gasteiger partial charge in [0.05, 0.1) is 6.33 Å². The van der Waals surface area contributed by atoms with Crippen LogP contribution in [0.4, 0.5) is 0 Å². The zero-order valence-electron chi connectivity index (χ0n) is 7.93. The Kier molecular flexibility index (Phi) is 1.66. The summed E-state index contributed by atoms with van der Waals surface area (Å²) in [5.41, 5.74) is 3.03. The Morgan fingerprint density at radius 1 is 1.36 bits per heavy atom. The Morgan fingerprint density at radius 2 is 2.29 bits per heavy atom. The summed E-state index contributed by atoms with van der Waals surface area (Å²) in [6.07, 6.45) is 6.97. The highest BCUT2D eigenvalue weighted by atomic mass is 15.0. The maximum atomic E-state index is 4.05. The Labute approximate surface area is 83.2 Å². The van der Waals surface area contributed by atoms with Gasteiger partial charge in [-0.15, -0.1) is 0 Å². The topological polar surface area (TPSA) is 17.8 Å². The van der Waals surface area contributed by atoms with Crippen LogP contribution in [0.25, 0.3) is 0 Å². The summed E-state index contributed by atoms with van der Waals surface area (Å²) < 4.78 is 2.15. The monoisotopic (exact) mass is 184 g/mol. The number of benzene rings is 1. The van der Waals surface area contributed by atoms with Gasteiger partial charge in [0, 0.05) is 24.9 Å². The van der Waals surface area contributed by atoms with E-state index >= 15 is 0 Å². The molecule has 2 heteroatoms. The predicted molar refractivity (Wildman–Crippen MR) is 55.1 cm³/mol. The van der Waals surface area contributed by atoms with Crippen LogP contribution in [0.1, 0.15) is 17.0 Å². The fraction of sp³-hybridized carbons (Fsp3) is 0.250. The molecule has 1 heterocycles. The van der Waals surface area contributed by atoms with Crippen molar-refractivity contribution >= 4 is 0 Å². The second-order valence-electron chi connectivity index (χ2n) is 3.86. The van der Waals surface area contributed by atoms with Crippen molar-refractivity contribution in [2.24, 2.45) is 0 Å². The minimum Gasteiger partial charge on any atom is -0.337 e. The summed E-state index contributed by atoms with van der Waals surface area (Å²) in [5.74, 6) is 0.695. The first-order valence-corrected chi connectivity index (χ1v) is 4.97. The predicted octanol–water partition coefficient (Wildman–Crippen LogP) is 2.22. The van der Waals surface area contributed by atoms with Gasteiger partial charge in [0.2, 0.25) is 0 Å². The van der Waals surface area contributed by atoms with Gasteiger partial charge in [0.25, 0.3) is 0 Å². The summed E-state index contributed by atoms with van der Waals surface area (Å²) in [4.78, 5) is 4.05. The highest BCUT2D eigenvalue weighted by Gasteiger charge is 2.25. The molecule has 0 radical (unpaired) electrons. The van der Waals surface area contributed by atoms with Crippen LogP contribution in [0.15, 0.2) is 43.0 Å². The van der Waals surface area contributed by atoms with Gasteiger partial charge in [-0.3, -0.25) is 0 Å². The van der Waals surface area contributed by atoms with Gasteiger partial charge in [-0.2, -0.15) is 0 Å². The lowest BCUT2D eigenvalue weighted by Gasteiger charge is -2.30. The number of hydrogen-bond acceptors (Lipinski definition) is 1. The first-order chi connectivity index (χ1) is 6.93. The van der Waals surface area contributed by atoms with E-state index in [2.05, 4.69) is 33.8 Å². The number of aromatic nitrogens is 2. The van der Waals surface area contributed by atoms with Crippen LogP contribution < -0.4 is 0 Å². The molecule has 0 amide bonds. The molecular formula is C12H12N2. The van der Waals surface area contributed by atoms with Crippen LogP contribution in [0.5, 0.6) is 0 Å². The molecule has 70 valence electrons. The van der Waals surface area contributed by atoms with Crippen molar-refractivity contribution in [2.45, 2.75) is 18.9 Å². The van der Waals surface area contributed by atoms with Crippen molar-refractivity contribution in [3.8, 4) is 0 Å². The van der Waals surface area contributed by atoms with Gasteiger partial charge in [0.15, 0.2) is 0 Å². The maximum Gasteiger partial charge on any atom is 0.0946 e. The number of fused-ring (bicyclic) bond motifs is 1. The third-order valence-electron chi connectivity index (χ3n) is 2.95. The maximum absolute atomic E-state index is 4.05. The number of hydrogen-bond donors (Lipinski definition) is 0. The van der Waals surface area contributed by atoms with Crippen molar-refractivity contribution in [3.63, 3.8) is 0 Å². The third-order valence-corrected chi connectivity index (χ3v) is 2.95. The lowest BCUT2D eigenvalue weighted by Crippen LogP contribution is -2.21. The van der Waals surface area contributed by atoms with E-state index in [0.29, 0.717) is 5.92 Å². The van der Waals surface area contributed by atoms with Crippen LogP contribution in [-0.4, -0.2) is 9.55 Å². The van der Waals surface area contributed by atoms with Gasteiger partial charge in [-0.1, -0.05) is 24.3 Å². The van der Waals surface area contributed by atoms with Crippen LogP contribution >= 0.6 is 0 Å². The van der Waals surface area contributed by atoms with E-state index in [4.69, 9.17) is 0 Å². The zero-order chi connectivity index (χ0) is 9.38. The second-order valence-corrected chi connectivity index (χ2v) is 3.86. The Hall–Kier alpha value is -1.57. The van der Waals surface area contributed by atoms with Crippen molar-refractivity contribution in [1.82, 2.24) is 9.55 Å². The van der Waals surface area contributed by atoms with E-state index in [0.717, 1.165) is 6.54 Å². The number of nitrogens with zero attached hydrogens (tertiary/aromatic N) is 2. The van der Waals surface area contributed by atoms with E-state index in [-0.39, 0.29) is 0 Å². The molecule has 1 aromatic carbocycles. The molecule has 1 aliphatic carbocycles. The van der Waals surface area contributed by atoms with E-state index < -0.39 is 0 Å². The van der Waals surface area contributed by atoms with Gasteiger partial charge in [0.1, 0.15) is 0 Å². The first-order valence-electron chi connectivity index (χ1n) is 4.97. The Bertz CT molecular complexity index is 431. The largest absolute Gasteiger partial charge is 0.337 e. The summed E-state index contributed by atoms with van der Waals surface area (Å²) in [6, 6.07) is 8.70. The molecule has 1 unspecified atom stereocenters. The fourth-order valence-corrected chi connectivity index (χ4v) is 2.17. The van der Waals surface area contributed by atoms with E-state index in [1.807, 2.05) is 18.7 Å². The van der Waals surface area contributed by atoms with Gasteiger partial charge < -0.3 is 4.57 Å². The molecule has 2 nitrogen and oxygen atoms in total. The highest BCUT2D eigenvalue weighted by Crippen LogP contribution is 2.35. The molecule has 0 saturated heterocycles. The van der Waals surface area contributed by atoms with Crippen molar-refractivity contribution in [1.29, 1.82) is 0 Å². The molecule has 0 fully saturated rings. The second kappa shape index (κ2) is 2.98.